The molecule has 1 aromatic carbocycles. The van der Waals surface area contributed by atoms with Crippen LogP contribution in [0.5, 0.6) is 5.75 Å². The van der Waals surface area contributed by atoms with E-state index in [0.29, 0.717) is 16.7 Å². The van der Waals surface area contributed by atoms with E-state index in [1.165, 1.54) is 20.4 Å². The van der Waals surface area contributed by atoms with Crippen molar-refractivity contribution in [2.24, 2.45) is 0 Å². The van der Waals surface area contributed by atoms with Gasteiger partial charge in [0, 0.05) is 6.20 Å². The lowest BCUT2D eigenvalue weighted by Crippen LogP contribution is -2.17. The molecule has 0 aliphatic rings. The number of carbonyl (C=O) groups excluding carboxylic acids is 1. The molecular formula is C13H13NO4. The van der Waals surface area contributed by atoms with E-state index < -0.39 is 5.97 Å². The van der Waals surface area contributed by atoms with Crippen LogP contribution in [0.15, 0.2) is 23.1 Å². The fraction of sp³-hybridized carbons (Fsp3) is 0.231. The van der Waals surface area contributed by atoms with Gasteiger partial charge in [0.15, 0.2) is 0 Å². The number of fused-ring (bicyclic) bond motifs is 1. The summed E-state index contributed by atoms with van der Waals surface area (Å²) in [5, 5.41) is 0.412. The molecule has 1 N–H and O–H groups in total. The molecule has 0 radical (unpaired) electrons. The molecule has 0 bridgehead atoms. The maximum absolute atomic E-state index is 12.2. The number of esters is 1. The third-order valence-electron chi connectivity index (χ3n) is 2.80. The third-order valence-corrected chi connectivity index (χ3v) is 2.80. The van der Waals surface area contributed by atoms with E-state index in [0.717, 1.165) is 5.56 Å². The Labute approximate surface area is 103 Å². The molecule has 1 heterocycles. The Hall–Kier alpha value is -2.30. The number of H-pyrrole nitrogens is 1. The lowest BCUT2D eigenvalue weighted by Gasteiger charge is -2.07. The third kappa shape index (κ3) is 1.84. The second-order valence-corrected chi connectivity index (χ2v) is 3.89. The van der Waals surface area contributed by atoms with E-state index in [-0.39, 0.29) is 11.0 Å². The van der Waals surface area contributed by atoms with Gasteiger partial charge in [-0.05, 0) is 24.6 Å². The molecule has 1 aromatic heterocycles. The molecule has 5 nitrogen and oxygen atoms in total. The first-order chi connectivity index (χ1) is 8.58. The molecule has 0 amide bonds. The molecule has 0 spiro atoms. The summed E-state index contributed by atoms with van der Waals surface area (Å²) in [5.74, 6) is -0.0776. The van der Waals surface area contributed by atoms with Gasteiger partial charge in [0.2, 0.25) is 5.43 Å². The topological polar surface area (TPSA) is 68.4 Å². The summed E-state index contributed by atoms with van der Waals surface area (Å²) < 4.78 is 9.68. The molecule has 0 saturated carbocycles. The highest BCUT2D eigenvalue weighted by atomic mass is 16.5. The molecule has 0 aliphatic heterocycles. The van der Waals surface area contributed by atoms with E-state index in [2.05, 4.69) is 9.72 Å². The van der Waals surface area contributed by atoms with Crippen LogP contribution in [0.4, 0.5) is 0 Å². The van der Waals surface area contributed by atoms with Gasteiger partial charge in [-0.1, -0.05) is 0 Å². The summed E-state index contributed by atoms with van der Waals surface area (Å²) in [4.78, 5) is 26.6. The minimum Gasteiger partial charge on any atom is -0.497 e. The number of carbonyl (C=O) groups is 1. The predicted molar refractivity (Wildman–Crippen MR) is 67.2 cm³/mol. The van der Waals surface area contributed by atoms with Crippen LogP contribution < -0.4 is 10.2 Å². The van der Waals surface area contributed by atoms with Crippen molar-refractivity contribution in [2.45, 2.75) is 6.92 Å². The molecule has 2 rings (SSSR count). The Morgan fingerprint density at radius 3 is 2.61 bits per heavy atom. The Morgan fingerprint density at radius 2 is 2.00 bits per heavy atom. The highest BCUT2D eigenvalue weighted by Crippen LogP contribution is 2.21. The van der Waals surface area contributed by atoms with E-state index in [1.807, 2.05) is 13.0 Å². The Bertz CT molecular complexity index is 672. The molecule has 0 saturated heterocycles. The number of aryl methyl sites for hydroxylation is 1. The van der Waals surface area contributed by atoms with Crippen LogP contribution >= 0.6 is 0 Å². The van der Waals surface area contributed by atoms with E-state index >= 15 is 0 Å². The SMILES string of the molecule is COC(=O)c1c[nH]c2c(C)cc(OC)cc2c1=O. The summed E-state index contributed by atoms with van der Waals surface area (Å²) in [6, 6.07) is 3.42. The van der Waals surface area contributed by atoms with Crippen molar-refractivity contribution in [3.05, 3.63) is 39.7 Å². The standard InChI is InChI=1S/C13H13NO4/c1-7-4-8(17-2)5-9-11(7)14-6-10(12(9)15)13(16)18-3/h4-6H,1-3H3,(H,14,15). The van der Waals surface area contributed by atoms with Crippen LogP contribution in [-0.4, -0.2) is 25.2 Å². The number of methoxy groups -OCH3 is 2. The first-order valence-electron chi connectivity index (χ1n) is 5.37. The van der Waals surface area contributed by atoms with Gasteiger partial charge in [0.05, 0.1) is 25.1 Å². The van der Waals surface area contributed by atoms with Crippen LogP contribution in [0.25, 0.3) is 10.9 Å². The van der Waals surface area contributed by atoms with Gasteiger partial charge < -0.3 is 14.5 Å². The smallest absolute Gasteiger partial charge is 0.343 e. The number of nitrogens with one attached hydrogen (secondary N) is 1. The lowest BCUT2D eigenvalue weighted by molar-refractivity contribution is 0.0599. The quantitative estimate of drug-likeness (QED) is 0.819. The fourth-order valence-corrected chi connectivity index (χ4v) is 1.86. The Morgan fingerprint density at radius 1 is 1.28 bits per heavy atom. The monoisotopic (exact) mass is 247 g/mol. The maximum atomic E-state index is 12.2. The first-order valence-corrected chi connectivity index (χ1v) is 5.37. The van der Waals surface area contributed by atoms with Crippen molar-refractivity contribution in [3.63, 3.8) is 0 Å². The van der Waals surface area contributed by atoms with Gasteiger partial charge >= 0.3 is 5.97 Å². The summed E-state index contributed by atoms with van der Waals surface area (Å²) in [6.45, 7) is 1.86. The maximum Gasteiger partial charge on any atom is 0.343 e. The van der Waals surface area contributed by atoms with Crippen molar-refractivity contribution in [1.82, 2.24) is 4.98 Å². The van der Waals surface area contributed by atoms with Crippen LogP contribution in [0.1, 0.15) is 15.9 Å². The van der Waals surface area contributed by atoms with Gasteiger partial charge in [0.1, 0.15) is 11.3 Å². The fourth-order valence-electron chi connectivity index (χ4n) is 1.86. The van der Waals surface area contributed by atoms with E-state index in [1.54, 1.807) is 6.07 Å². The highest BCUT2D eigenvalue weighted by Gasteiger charge is 2.14. The summed E-state index contributed by atoms with van der Waals surface area (Å²) in [5.41, 5.74) is 1.18. The average Bonchev–Trinajstić information content (AvgIpc) is 2.38. The summed E-state index contributed by atoms with van der Waals surface area (Å²) in [7, 11) is 2.77. The van der Waals surface area contributed by atoms with Gasteiger partial charge in [-0.3, -0.25) is 4.79 Å². The minimum atomic E-state index is -0.654. The van der Waals surface area contributed by atoms with Gasteiger partial charge in [-0.25, -0.2) is 4.79 Å². The van der Waals surface area contributed by atoms with Crippen LogP contribution in [0.3, 0.4) is 0 Å². The normalized spacial score (nSPS) is 10.4. The predicted octanol–water partition coefficient (Wildman–Crippen LogP) is 1.63. The zero-order chi connectivity index (χ0) is 13.3. The second kappa shape index (κ2) is 4.52. The molecular weight excluding hydrogens is 234 g/mol. The molecule has 18 heavy (non-hydrogen) atoms. The van der Waals surface area contributed by atoms with Crippen molar-refractivity contribution in [3.8, 4) is 5.75 Å². The number of rotatable bonds is 2. The van der Waals surface area contributed by atoms with Crippen molar-refractivity contribution >= 4 is 16.9 Å². The molecule has 5 heteroatoms. The lowest BCUT2D eigenvalue weighted by atomic mass is 10.1. The minimum absolute atomic E-state index is 0.0161. The van der Waals surface area contributed by atoms with Crippen LogP contribution in [-0.2, 0) is 4.74 Å². The van der Waals surface area contributed by atoms with Gasteiger partial charge in [-0.15, -0.1) is 0 Å². The number of aromatic nitrogens is 1. The van der Waals surface area contributed by atoms with Crippen LogP contribution in [0, 0.1) is 6.92 Å². The first kappa shape index (κ1) is 12.2. The number of hydrogen-bond donors (Lipinski definition) is 1. The number of benzene rings is 1. The second-order valence-electron chi connectivity index (χ2n) is 3.89. The van der Waals surface area contributed by atoms with E-state index in [9.17, 15) is 9.59 Å². The van der Waals surface area contributed by atoms with Gasteiger partial charge in [-0.2, -0.15) is 0 Å². The summed E-state index contributed by atoms with van der Waals surface area (Å²) in [6.07, 6.45) is 1.37. The van der Waals surface area contributed by atoms with Gasteiger partial charge in [0.25, 0.3) is 0 Å². The zero-order valence-corrected chi connectivity index (χ0v) is 10.4. The van der Waals surface area contributed by atoms with Crippen molar-refractivity contribution < 1.29 is 14.3 Å². The average molecular weight is 247 g/mol. The molecule has 0 fully saturated rings. The Balaban J connectivity index is 2.81. The molecule has 94 valence electrons. The van der Waals surface area contributed by atoms with Crippen molar-refractivity contribution in [1.29, 1.82) is 0 Å². The molecule has 0 atom stereocenters. The van der Waals surface area contributed by atoms with Crippen LogP contribution in [0.2, 0.25) is 0 Å². The Kier molecular flexibility index (Phi) is 3.06. The molecule has 0 unspecified atom stereocenters. The zero-order valence-electron chi connectivity index (χ0n) is 10.4. The number of hydrogen-bond acceptors (Lipinski definition) is 4. The number of pyridine rings is 1. The van der Waals surface area contributed by atoms with Crippen molar-refractivity contribution in [2.75, 3.05) is 14.2 Å². The highest BCUT2D eigenvalue weighted by molar-refractivity contribution is 5.94. The number of aromatic amines is 1. The molecule has 2 aromatic rings. The molecule has 0 aliphatic carbocycles. The van der Waals surface area contributed by atoms with E-state index in [4.69, 9.17) is 4.74 Å². The largest absolute Gasteiger partial charge is 0.497 e. The summed E-state index contributed by atoms with van der Waals surface area (Å²) >= 11 is 0. The number of ether oxygens (including phenoxy) is 2.